The average Bonchev–Trinajstić information content (AvgIpc) is 3.00. The van der Waals surface area contributed by atoms with Crippen molar-refractivity contribution in [2.24, 2.45) is 5.73 Å². The average molecular weight is 320 g/mol. The van der Waals surface area contributed by atoms with Crippen LogP contribution in [-0.4, -0.2) is 53.6 Å². The molecule has 10 nitrogen and oxygen atoms in total. The van der Waals surface area contributed by atoms with Crippen LogP contribution in [0.15, 0.2) is 11.1 Å². The quantitative estimate of drug-likeness (QED) is 0.384. The minimum atomic E-state index is -1.64. The molecule has 23 heavy (non-hydrogen) atoms. The highest BCUT2D eigenvalue weighted by Gasteiger charge is 2.55. The number of imidazole rings is 1. The summed E-state index contributed by atoms with van der Waals surface area (Å²) in [5, 5.41) is 20.1. The maximum Gasteiger partial charge on any atom is 0.280 e. The van der Waals surface area contributed by atoms with E-state index in [-0.39, 0.29) is 17.1 Å². The van der Waals surface area contributed by atoms with Crippen LogP contribution >= 0.6 is 0 Å². The van der Waals surface area contributed by atoms with Crippen molar-refractivity contribution in [1.29, 1.82) is 0 Å². The highest BCUT2D eigenvalue weighted by Crippen LogP contribution is 2.38. The standard InChI is InChI=1S/C13H16N6O4/c1-3-13(15)8(21)7(5(2)20)23-11(13)19-4-16-6-9(19)17-12(14)18-10(6)22/h1,4-5,7-8,11,20-21H,15H2,2H3,(H3,14,17,18,22)/t5-,7+,8-,11+,13?/m0/s1. The Balaban J connectivity index is 2.18. The van der Waals surface area contributed by atoms with Crippen LogP contribution in [-0.2, 0) is 4.74 Å². The first kappa shape index (κ1) is 15.4. The number of nitrogens with one attached hydrogen (secondary N) is 1. The summed E-state index contributed by atoms with van der Waals surface area (Å²) in [6.45, 7) is 1.44. The maximum absolute atomic E-state index is 11.8. The van der Waals surface area contributed by atoms with Crippen LogP contribution in [0.2, 0.25) is 0 Å². The number of aliphatic hydroxyl groups excluding tert-OH is 2. The van der Waals surface area contributed by atoms with Gasteiger partial charge in [-0.05, 0) is 6.92 Å². The molecule has 0 amide bonds. The van der Waals surface area contributed by atoms with Gasteiger partial charge in [-0.1, -0.05) is 5.92 Å². The van der Waals surface area contributed by atoms with Gasteiger partial charge < -0.3 is 26.4 Å². The zero-order chi connectivity index (χ0) is 16.9. The number of nitrogen functional groups attached to an aromatic ring is 1. The molecule has 0 saturated carbocycles. The van der Waals surface area contributed by atoms with Gasteiger partial charge in [0.15, 0.2) is 22.9 Å². The van der Waals surface area contributed by atoms with Gasteiger partial charge in [0.2, 0.25) is 5.95 Å². The van der Waals surface area contributed by atoms with Gasteiger partial charge in [-0.15, -0.1) is 6.42 Å². The fourth-order valence-electron chi connectivity index (χ4n) is 2.70. The molecule has 1 aliphatic rings. The third-order valence-electron chi connectivity index (χ3n) is 3.92. The number of aromatic amines is 1. The molecule has 2 aromatic heterocycles. The molecule has 0 spiro atoms. The van der Waals surface area contributed by atoms with Gasteiger partial charge in [0.05, 0.1) is 12.4 Å². The molecular weight excluding hydrogens is 304 g/mol. The second kappa shape index (κ2) is 5.04. The number of fused-ring (bicyclic) bond motifs is 1. The van der Waals surface area contributed by atoms with Crippen LogP contribution in [0.25, 0.3) is 11.2 Å². The smallest absolute Gasteiger partial charge is 0.280 e. The number of anilines is 1. The Hall–Kier alpha value is -2.45. The van der Waals surface area contributed by atoms with Crippen molar-refractivity contribution < 1.29 is 14.9 Å². The topological polar surface area (TPSA) is 165 Å². The van der Waals surface area contributed by atoms with Gasteiger partial charge in [0.25, 0.3) is 5.56 Å². The molecule has 10 heteroatoms. The Bertz CT molecular complexity index is 852. The lowest BCUT2D eigenvalue weighted by atomic mass is 9.90. The van der Waals surface area contributed by atoms with Gasteiger partial charge in [0, 0.05) is 0 Å². The molecule has 5 atom stereocenters. The van der Waals surface area contributed by atoms with Crippen molar-refractivity contribution >= 4 is 17.1 Å². The zero-order valence-electron chi connectivity index (χ0n) is 12.2. The maximum atomic E-state index is 11.8. The van der Waals surface area contributed by atoms with Crippen molar-refractivity contribution in [2.75, 3.05) is 5.73 Å². The Morgan fingerprint density at radius 1 is 1.65 bits per heavy atom. The first-order valence-corrected chi connectivity index (χ1v) is 6.80. The number of aromatic nitrogens is 4. The first-order valence-electron chi connectivity index (χ1n) is 6.80. The molecule has 2 aromatic rings. The predicted octanol–water partition coefficient (Wildman–Crippen LogP) is -2.33. The monoisotopic (exact) mass is 320 g/mol. The molecule has 3 rings (SSSR count). The van der Waals surface area contributed by atoms with E-state index >= 15 is 0 Å². The lowest BCUT2D eigenvalue weighted by molar-refractivity contribution is -0.0756. The van der Waals surface area contributed by atoms with Gasteiger partial charge in [-0.2, -0.15) is 4.98 Å². The number of rotatable bonds is 2. The Morgan fingerprint density at radius 2 is 2.35 bits per heavy atom. The summed E-state index contributed by atoms with van der Waals surface area (Å²) in [5.41, 5.74) is 9.63. The van der Waals surface area contributed by atoms with E-state index in [2.05, 4.69) is 20.9 Å². The van der Waals surface area contributed by atoms with E-state index in [1.165, 1.54) is 17.8 Å². The Kier molecular flexibility index (Phi) is 3.38. The number of terminal acetylenes is 1. The molecule has 1 aliphatic heterocycles. The summed E-state index contributed by atoms with van der Waals surface area (Å²) in [6.07, 6.45) is 2.33. The second-order valence-electron chi connectivity index (χ2n) is 5.49. The summed E-state index contributed by atoms with van der Waals surface area (Å²) in [5.74, 6) is 2.19. The lowest BCUT2D eigenvalue weighted by Gasteiger charge is -2.27. The fourth-order valence-corrected chi connectivity index (χ4v) is 2.70. The third-order valence-corrected chi connectivity index (χ3v) is 3.92. The third kappa shape index (κ3) is 2.10. The molecule has 0 bridgehead atoms. The molecule has 7 N–H and O–H groups in total. The fraction of sp³-hybridized carbons (Fsp3) is 0.462. The molecule has 0 aliphatic carbocycles. The number of ether oxygens (including phenoxy) is 1. The number of H-pyrrole nitrogens is 1. The van der Waals surface area contributed by atoms with Gasteiger partial charge in [-0.3, -0.25) is 14.3 Å². The molecule has 1 fully saturated rings. The molecule has 1 saturated heterocycles. The van der Waals surface area contributed by atoms with Gasteiger partial charge in [-0.25, -0.2) is 4.98 Å². The van der Waals surface area contributed by atoms with Gasteiger partial charge in [0.1, 0.15) is 12.2 Å². The normalized spacial score (nSPS) is 32.0. The van der Waals surface area contributed by atoms with Crippen LogP contribution in [0.4, 0.5) is 5.95 Å². The highest BCUT2D eigenvalue weighted by molar-refractivity contribution is 5.70. The molecule has 0 radical (unpaired) electrons. The summed E-state index contributed by atoms with van der Waals surface area (Å²) in [7, 11) is 0. The molecule has 1 unspecified atom stereocenters. The van der Waals surface area contributed by atoms with E-state index in [4.69, 9.17) is 22.6 Å². The number of nitrogens with two attached hydrogens (primary N) is 2. The van der Waals surface area contributed by atoms with E-state index < -0.39 is 35.6 Å². The summed E-state index contributed by atoms with van der Waals surface area (Å²) in [6, 6.07) is 0. The number of nitrogens with zero attached hydrogens (tertiary/aromatic N) is 3. The number of hydrogen-bond acceptors (Lipinski definition) is 8. The summed E-state index contributed by atoms with van der Waals surface area (Å²) in [4.78, 5) is 22.1. The van der Waals surface area contributed by atoms with Crippen LogP contribution in [0, 0.1) is 12.3 Å². The predicted molar refractivity (Wildman–Crippen MR) is 79.9 cm³/mol. The molecule has 3 heterocycles. The van der Waals surface area contributed by atoms with Crippen molar-refractivity contribution in [3.05, 3.63) is 16.7 Å². The largest absolute Gasteiger partial charge is 0.391 e. The van der Waals surface area contributed by atoms with Crippen LogP contribution in [0.3, 0.4) is 0 Å². The van der Waals surface area contributed by atoms with Crippen molar-refractivity contribution in [1.82, 2.24) is 19.5 Å². The van der Waals surface area contributed by atoms with E-state index in [0.29, 0.717) is 0 Å². The molecule has 0 aromatic carbocycles. The van der Waals surface area contributed by atoms with E-state index in [1.54, 1.807) is 0 Å². The van der Waals surface area contributed by atoms with Crippen LogP contribution in [0.5, 0.6) is 0 Å². The van der Waals surface area contributed by atoms with E-state index in [1.807, 2.05) is 0 Å². The molecule has 122 valence electrons. The SMILES string of the molecule is C#CC1(N)[C@@H](O)[C@@H]([C@H](C)O)O[C@H]1n1cnc2c(=O)[nH]c(N)nc21. The molecular formula is C13H16N6O4. The van der Waals surface area contributed by atoms with E-state index in [0.717, 1.165) is 0 Å². The van der Waals surface area contributed by atoms with Crippen LogP contribution in [0.1, 0.15) is 13.2 Å². The minimum Gasteiger partial charge on any atom is -0.391 e. The lowest BCUT2D eigenvalue weighted by Crippen LogP contribution is -2.54. The van der Waals surface area contributed by atoms with E-state index in [9.17, 15) is 15.0 Å². The Morgan fingerprint density at radius 3 is 2.96 bits per heavy atom. The Labute approximate surface area is 130 Å². The highest BCUT2D eigenvalue weighted by atomic mass is 16.5. The van der Waals surface area contributed by atoms with Crippen molar-refractivity contribution in [2.45, 2.75) is 37.0 Å². The van der Waals surface area contributed by atoms with Crippen LogP contribution < -0.4 is 17.0 Å². The second-order valence-corrected chi connectivity index (χ2v) is 5.49. The minimum absolute atomic E-state index is 0.0251. The number of hydrogen-bond donors (Lipinski definition) is 5. The number of aliphatic hydroxyl groups is 2. The summed E-state index contributed by atoms with van der Waals surface area (Å²) < 4.78 is 6.96. The van der Waals surface area contributed by atoms with Crippen molar-refractivity contribution in [3.8, 4) is 12.3 Å². The van der Waals surface area contributed by atoms with Gasteiger partial charge >= 0.3 is 0 Å². The zero-order valence-corrected chi connectivity index (χ0v) is 12.2. The summed E-state index contributed by atoms with van der Waals surface area (Å²) >= 11 is 0. The van der Waals surface area contributed by atoms with Crippen molar-refractivity contribution in [3.63, 3.8) is 0 Å². The first-order chi connectivity index (χ1) is 10.8.